The van der Waals surface area contributed by atoms with Gasteiger partial charge in [0.2, 0.25) is 0 Å². The Bertz CT molecular complexity index is 473. The van der Waals surface area contributed by atoms with E-state index in [4.69, 9.17) is 4.74 Å². The Morgan fingerprint density at radius 3 is 2.83 bits per heavy atom. The summed E-state index contributed by atoms with van der Waals surface area (Å²) in [6, 6.07) is 5.84. The number of carbonyl (C=O) groups is 1. The van der Waals surface area contributed by atoms with E-state index in [1.807, 2.05) is 18.2 Å². The monoisotopic (exact) mass is 246 g/mol. The van der Waals surface area contributed by atoms with E-state index in [0.717, 1.165) is 32.5 Å². The number of carbonyl (C=O) groups excluding carboxylic acids is 1. The van der Waals surface area contributed by atoms with Gasteiger partial charge in [-0.15, -0.1) is 0 Å². The van der Waals surface area contributed by atoms with Crippen LogP contribution in [0.25, 0.3) is 0 Å². The first-order valence-corrected chi connectivity index (χ1v) is 6.43. The number of fused-ring (bicyclic) bond motifs is 2. The summed E-state index contributed by atoms with van der Waals surface area (Å²) in [6.45, 7) is 3.07. The minimum absolute atomic E-state index is 0.199. The molecule has 0 amide bonds. The number of rotatable bonds is 1. The zero-order valence-corrected chi connectivity index (χ0v) is 10.6. The molecule has 0 unspecified atom stereocenters. The van der Waals surface area contributed by atoms with E-state index in [2.05, 4.69) is 10.6 Å². The number of ether oxygens (including phenoxy) is 1. The molecule has 1 aromatic carbocycles. The maximum atomic E-state index is 11.6. The number of hydrogen-bond acceptors (Lipinski definition) is 4. The van der Waals surface area contributed by atoms with Crippen LogP contribution in [0.2, 0.25) is 0 Å². The van der Waals surface area contributed by atoms with Gasteiger partial charge in [0.05, 0.1) is 12.7 Å². The van der Waals surface area contributed by atoms with Crippen LogP contribution in [0.15, 0.2) is 18.2 Å². The second-order valence-electron chi connectivity index (χ2n) is 5.14. The van der Waals surface area contributed by atoms with E-state index in [-0.39, 0.29) is 11.4 Å². The molecule has 4 nitrogen and oxygen atoms in total. The van der Waals surface area contributed by atoms with E-state index in [9.17, 15) is 4.79 Å². The van der Waals surface area contributed by atoms with Gasteiger partial charge in [0.15, 0.2) is 0 Å². The van der Waals surface area contributed by atoms with E-state index < -0.39 is 0 Å². The Labute approximate surface area is 107 Å². The standard InChI is InChI=1S/C14H18N2O2/c1-18-13(17)10-2-3-12-11(8-10)14(9-16-12)4-6-15-7-5-14/h2-3,8,15-16H,4-7,9H2,1H3. The Balaban J connectivity index is 2.00. The lowest BCUT2D eigenvalue weighted by Crippen LogP contribution is -2.41. The predicted octanol–water partition coefficient (Wildman–Crippen LogP) is 1.52. The normalized spacial score (nSPS) is 20.3. The SMILES string of the molecule is COC(=O)c1ccc2c(c1)C1(CCNCC1)CN2. The van der Waals surface area contributed by atoms with Crippen molar-refractivity contribution in [3.63, 3.8) is 0 Å². The summed E-state index contributed by atoms with van der Waals surface area (Å²) in [5, 5.41) is 6.86. The van der Waals surface area contributed by atoms with Gasteiger partial charge in [-0.1, -0.05) is 0 Å². The van der Waals surface area contributed by atoms with E-state index >= 15 is 0 Å². The zero-order valence-electron chi connectivity index (χ0n) is 10.6. The lowest BCUT2D eigenvalue weighted by Gasteiger charge is -2.34. The highest BCUT2D eigenvalue weighted by atomic mass is 16.5. The quantitative estimate of drug-likeness (QED) is 0.738. The predicted molar refractivity (Wildman–Crippen MR) is 70.1 cm³/mol. The van der Waals surface area contributed by atoms with Crippen LogP contribution in [0.5, 0.6) is 0 Å². The summed E-state index contributed by atoms with van der Waals surface area (Å²) in [4.78, 5) is 11.6. The van der Waals surface area contributed by atoms with Gasteiger partial charge in [-0.05, 0) is 49.7 Å². The highest BCUT2D eigenvalue weighted by Crippen LogP contribution is 2.43. The third-order valence-corrected chi connectivity index (χ3v) is 4.19. The van der Waals surface area contributed by atoms with Crippen LogP contribution >= 0.6 is 0 Å². The van der Waals surface area contributed by atoms with E-state index in [0.29, 0.717) is 5.56 Å². The molecule has 2 aliphatic heterocycles. The van der Waals surface area contributed by atoms with Crippen molar-refractivity contribution >= 4 is 11.7 Å². The summed E-state index contributed by atoms with van der Waals surface area (Å²) in [5.41, 5.74) is 3.30. The molecule has 1 fully saturated rings. The Kier molecular flexibility index (Phi) is 2.74. The fourth-order valence-electron chi connectivity index (χ4n) is 3.09. The molecule has 2 aliphatic rings. The van der Waals surface area contributed by atoms with Crippen molar-refractivity contribution < 1.29 is 9.53 Å². The van der Waals surface area contributed by atoms with Crippen molar-refractivity contribution in [1.29, 1.82) is 0 Å². The van der Waals surface area contributed by atoms with Crippen LogP contribution in [-0.2, 0) is 10.2 Å². The first-order valence-electron chi connectivity index (χ1n) is 6.43. The number of benzene rings is 1. The number of anilines is 1. The maximum Gasteiger partial charge on any atom is 0.337 e. The molecule has 0 atom stereocenters. The number of hydrogen-bond donors (Lipinski definition) is 2. The molecule has 0 saturated carbocycles. The first-order chi connectivity index (χ1) is 8.75. The average Bonchev–Trinajstić information content (AvgIpc) is 2.77. The summed E-state index contributed by atoms with van der Waals surface area (Å²) < 4.78 is 4.80. The van der Waals surface area contributed by atoms with Crippen molar-refractivity contribution in [1.82, 2.24) is 5.32 Å². The molecule has 1 spiro atoms. The van der Waals surface area contributed by atoms with Gasteiger partial charge in [-0.3, -0.25) is 0 Å². The highest BCUT2D eigenvalue weighted by Gasteiger charge is 2.40. The molecule has 18 heavy (non-hydrogen) atoms. The highest BCUT2D eigenvalue weighted by molar-refractivity contribution is 5.90. The largest absolute Gasteiger partial charge is 0.465 e. The molecule has 0 aliphatic carbocycles. The molecule has 96 valence electrons. The molecule has 0 radical (unpaired) electrons. The molecule has 3 rings (SSSR count). The summed E-state index contributed by atoms with van der Waals surface area (Å²) in [5.74, 6) is -0.256. The third kappa shape index (κ3) is 1.68. The molecule has 2 N–H and O–H groups in total. The van der Waals surface area contributed by atoms with Gasteiger partial charge in [-0.25, -0.2) is 4.79 Å². The molecule has 4 heteroatoms. The molecular formula is C14H18N2O2. The van der Waals surface area contributed by atoms with Crippen LogP contribution in [0.4, 0.5) is 5.69 Å². The smallest absolute Gasteiger partial charge is 0.337 e. The molecule has 0 bridgehead atoms. The fraction of sp³-hybridized carbons (Fsp3) is 0.500. The number of methoxy groups -OCH3 is 1. The topological polar surface area (TPSA) is 50.4 Å². The van der Waals surface area contributed by atoms with Crippen LogP contribution in [0, 0.1) is 0 Å². The molecule has 1 saturated heterocycles. The van der Waals surface area contributed by atoms with Crippen LogP contribution in [0.3, 0.4) is 0 Å². The minimum atomic E-state index is -0.256. The van der Waals surface area contributed by atoms with Crippen molar-refractivity contribution in [2.45, 2.75) is 18.3 Å². The summed E-state index contributed by atoms with van der Waals surface area (Å²) in [7, 11) is 1.42. The summed E-state index contributed by atoms with van der Waals surface area (Å²) in [6.07, 6.45) is 2.25. The van der Waals surface area contributed by atoms with Crippen molar-refractivity contribution in [2.75, 3.05) is 32.1 Å². The van der Waals surface area contributed by atoms with Gasteiger partial charge >= 0.3 is 5.97 Å². The Morgan fingerprint density at radius 1 is 1.33 bits per heavy atom. The van der Waals surface area contributed by atoms with Gasteiger partial charge in [0.25, 0.3) is 0 Å². The van der Waals surface area contributed by atoms with Crippen molar-refractivity contribution in [2.24, 2.45) is 0 Å². The third-order valence-electron chi connectivity index (χ3n) is 4.19. The number of piperidine rings is 1. The maximum absolute atomic E-state index is 11.6. The molecule has 1 aromatic rings. The van der Waals surface area contributed by atoms with Crippen molar-refractivity contribution in [3.8, 4) is 0 Å². The second kappa shape index (κ2) is 4.28. The van der Waals surface area contributed by atoms with Gasteiger partial charge < -0.3 is 15.4 Å². The average molecular weight is 246 g/mol. The van der Waals surface area contributed by atoms with Gasteiger partial charge in [0, 0.05) is 17.6 Å². The van der Waals surface area contributed by atoms with Gasteiger partial charge in [0.1, 0.15) is 0 Å². The molecule has 0 aromatic heterocycles. The van der Waals surface area contributed by atoms with E-state index in [1.54, 1.807) is 0 Å². The molecular weight excluding hydrogens is 228 g/mol. The Morgan fingerprint density at radius 2 is 2.11 bits per heavy atom. The van der Waals surface area contributed by atoms with Crippen LogP contribution < -0.4 is 10.6 Å². The zero-order chi connectivity index (χ0) is 12.6. The molecule has 2 heterocycles. The summed E-state index contributed by atoms with van der Waals surface area (Å²) >= 11 is 0. The second-order valence-corrected chi connectivity index (χ2v) is 5.14. The Hall–Kier alpha value is -1.55. The first kappa shape index (κ1) is 11.5. The lowest BCUT2D eigenvalue weighted by atomic mass is 9.74. The van der Waals surface area contributed by atoms with Crippen LogP contribution in [0.1, 0.15) is 28.8 Å². The minimum Gasteiger partial charge on any atom is -0.465 e. The number of esters is 1. The van der Waals surface area contributed by atoms with Crippen molar-refractivity contribution in [3.05, 3.63) is 29.3 Å². The van der Waals surface area contributed by atoms with Crippen LogP contribution in [-0.4, -0.2) is 32.7 Å². The lowest BCUT2D eigenvalue weighted by molar-refractivity contribution is 0.0600. The fourth-order valence-corrected chi connectivity index (χ4v) is 3.09. The van der Waals surface area contributed by atoms with Gasteiger partial charge in [-0.2, -0.15) is 0 Å². The number of nitrogens with one attached hydrogen (secondary N) is 2. The van der Waals surface area contributed by atoms with E-state index in [1.165, 1.54) is 18.4 Å².